The van der Waals surface area contributed by atoms with Crippen LogP contribution in [-0.2, 0) is 6.54 Å². The van der Waals surface area contributed by atoms with Crippen LogP contribution in [0, 0.1) is 18.3 Å². The van der Waals surface area contributed by atoms with Gasteiger partial charge in [0, 0.05) is 18.9 Å². The minimum Gasteiger partial charge on any atom is -0.364 e. The van der Waals surface area contributed by atoms with Gasteiger partial charge in [-0.3, -0.25) is 4.98 Å². The minimum atomic E-state index is 0.631. The molecule has 0 unspecified atom stereocenters. The Balaban J connectivity index is 2.08. The van der Waals surface area contributed by atoms with Crippen LogP contribution in [0.25, 0.3) is 0 Å². The lowest BCUT2D eigenvalue weighted by Gasteiger charge is -2.02. The summed E-state index contributed by atoms with van der Waals surface area (Å²) >= 11 is 1.40. The maximum atomic E-state index is 8.90. The maximum absolute atomic E-state index is 8.90. The summed E-state index contributed by atoms with van der Waals surface area (Å²) in [7, 11) is 0. The largest absolute Gasteiger partial charge is 0.364 e. The number of aryl methyl sites for hydroxylation is 1. The van der Waals surface area contributed by atoms with E-state index >= 15 is 0 Å². The van der Waals surface area contributed by atoms with E-state index in [2.05, 4.69) is 21.4 Å². The first-order valence-corrected chi connectivity index (χ1v) is 5.61. The fourth-order valence-corrected chi connectivity index (χ4v) is 2.00. The Morgan fingerprint density at radius 2 is 2.19 bits per heavy atom. The smallest absolute Gasteiger partial charge is 0.155 e. The predicted molar refractivity (Wildman–Crippen MR) is 63.1 cm³/mol. The quantitative estimate of drug-likeness (QED) is 0.879. The normalized spacial score (nSPS) is 9.75. The van der Waals surface area contributed by atoms with E-state index < -0.39 is 0 Å². The van der Waals surface area contributed by atoms with Gasteiger partial charge < -0.3 is 5.32 Å². The standard InChI is InChI=1S/C11H10N4S/c1-8-15-11(10(6-12)16-8)14-7-9-2-4-13-5-3-9/h2-5,14H,7H2,1H3. The monoisotopic (exact) mass is 230 g/mol. The van der Waals surface area contributed by atoms with Crippen molar-refractivity contribution >= 4 is 17.2 Å². The molecular weight excluding hydrogens is 220 g/mol. The maximum Gasteiger partial charge on any atom is 0.155 e. The number of anilines is 1. The second kappa shape index (κ2) is 4.73. The molecule has 0 saturated carbocycles. The topological polar surface area (TPSA) is 61.6 Å². The highest BCUT2D eigenvalue weighted by molar-refractivity contribution is 7.12. The van der Waals surface area contributed by atoms with Crippen LogP contribution in [0.4, 0.5) is 5.82 Å². The third-order valence-corrected chi connectivity index (χ3v) is 2.92. The van der Waals surface area contributed by atoms with E-state index in [1.165, 1.54) is 11.3 Å². The van der Waals surface area contributed by atoms with Crippen LogP contribution >= 0.6 is 11.3 Å². The molecule has 0 aliphatic rings. The van der Waals surface area contributed by atoms with Crippen LogP contribution in [0.15, 0.2) is 24.5 Å². The second-order valence-electron chi connectivity index (χ2n) is 3.23. The average Bonchev–Trinajstić information content (AvgIpc) is 2.68. The molecule has 0 aliphatic heterocycles. The molecule has 0 aliphatic carbocycles. The van der Waals surface area contributed by atoms with Gasteiger partial charge in [0.25, 0.3) is 0 Å². The van der Waals surface area contributed by atoms with Crippen molar-refractivity contribution in [3.8, 4) is 6.07 Å². The summed E-state index contributed by atoms with van der Waals surface area (Å²) in [5.74, 6) is 0.668. The van der Waals surface area contributed by atoms with Gasteiger partial charge in [0.05, 0.1) is 5.01 Å². The van der Waals surface area contributed by atoms with Crippen molar-refractivity contribution in [3.05, 3.63) is 40.0 Å². The van der Waals surface area contributed by atoms with Gasteiger partial charge in [0.1, 0.15) is 10.9 Å². The Labute approximate surface area is 97.6 Å². The molecule has 5 heteroatoms. The van der Waals surface area contributed by atoms with Crippen molar-refractivity contribution in [2.45, 2.75) is 13.5 Å². The van der Waals surface area contributed by atoms with Crippen molar-refractivity contribution in [1.29, 1.82) is 5.26 Å². The Morgan fingerprint density at radius 1 is 1.44 bits per heavy atom. The molecule has 0 atom stereocenters. The number of aromatic nitrogens is 2. The first-order valence-electron chi connectivity index (χ1n) is 4.80. The fraction of sp³-hybridized carbons (Fsp3) is 0.182. The summed E-state index contributed by atoms with van der Waals surface area (Å²) in [6.45, 7) is 2.55. The van der Waals surface area contributed by atoms with Gasteiger partial charge in [0.15, 0.2) is 5.82 Å². The molecular formula is C11H10N4S. The first kappa shape index (κ1) is 10.6. The molecule has 2 heterocycles. The number of hydrogen-bond acceptors (Lipinski definition) is 5. The van der Waals surface area contributed by atoms with Crippen LogP contribution in [0.5, 0.6) is 0 Å². The lowest BCUT2D eigenvalue weighted by Crippen LogP contribution is -2.00. The van der Waals surface area contributed by atoms with Crippen LogP contribution in [0.3, 0.4) is 0 Å². The molecule has 16 heavy (non-hydrogen) atoms. The number of nitriles is 1. The van der Waals surface area contributed by atoms with Gasteiger partial charge in [-0.05, 0) is 24.6 Å². The zero-order chi connectivity index (χ0) is 11.4. The van der Waals surface area contributed by atoms with Crippen LogP contribution in [0.1, 0.15) is 15.4 Å². The summed E-state index contributed by atoms with van der Waals surface area (Å²) in [6, 6.07) is 5.99. The number of pyridine rings is 1. The van der Waals surface area contributed by atoms with E-state index in [1.807, 2.05) is 19.1 Å². The summed E-state index contributed by atoms with van der Waals surface area (Å²) in [5, 5.41) is 12.9. The first-order chi connectivity index (χ1) is 7.79. The molecule has 0 radical (unpaired) electrons. The summed E-state index contributed by atoms with van der Waals surface area (Å²) in [6.07, 6.45) is 3.49. The van der Waals surface area contributed by atoms with Crippen molar-refractivity contribution in [3.63, 3.8) is 0 Å². The molecule has 2 aromatic rings. The number of nitrogens with one attached hydrogen (secondary N) is 1. The molecule has 0 spiro atoms. The van der Waals surface area contributed by atoms with Gasteiger partial charge in [-0.1, -0.05) is 0 Å². The van der Waals surface area contributed by atoms with E-state index in [0.29, 0.717) is 17.2 Å². The van der Waals surface area contributed by atoms with Gasteiger partial charge in [-0.25, -0.2) is 4.98 Å². The van der Waals surface area contributed by atoms with E-state index in [4.69, 9.17) is 5.26 Å². The molecule has 0 fully saturated rings. The lowest BCUT2D eigenvalue weighted by atomic mass is 10.3. The third kappa shape index (κ3) is 2.35. The number of nitrogens with zero attached hydrogens (tertiary/aromatic N) is 3. The molecule has 1 N–H and O–H groups in total. The molecule has 4 nitrogen and oxygen atoms in total. The molecule has 0 saturated heterocycles. The number of hydrogen-bond donors (Lipinski definition) is 1. The molecule has 2 rings (SSSR count). The number of rotatable bonds is 3. The summed E-state index contributed by atoms with van der Waals surface area (Å²) in [4.78, 5) is 8.84. The van der Waals surface area contributed by atoms with Crippen molar-refractivity contribution in [2.75, 3.05) is 5.32 Å². The van der Waals surface area contributed by atoms with Gasteiger partial charge in [-0.15, -0.1) is 11.3 Å². The van der Waals surface area contributed by atoms with E-state index in [0.717, 1.165) is 10.6 Å². The van der Waals surface area contributed by atoms with Crippen molar-refractivity contribution in [1.82, 2.24) is 9.97 Å². The Kier molecular flexibility index (Phi) is 3.13. The van der Waals surface area contributed by atoms with Crippen LogP contribution in [0.2, 0.25) is 0 Å². The Hall–Kier alpha value is -1.93. The highest BCUT2D eigenvalue weighted by Crippen LogP contribution is 2.21. The Morgan fingerprint density at radius 3 is 2.88 bits per heavy atom. The molecule has 0 amide bonds. The molecule has 2 aromatic heterocycles. The van der Waals surface area contributed by atoms with Gasteiger partial charge in [-0.2, -0.15) is 5.26 Å². The zero-order valence-electron chi connectivity index (χ0n) is 8.77. The predicted octanol–water partition coefficient (Wildman–Crippen LogP) is 2.33. The van der Waals surface area contributed by atoms with Crippen LogP contribution < -0.4 is 5.32 Å². The van der Waals surface area contributed by atoms with Crippen LogP contribution in [-0.4, -0.2) is 9.97 Å². The fourth-order valence-electron chi connectivity index (χ4n) is 1.31. The summed E-state index contributed by atoms with van der Waals surface area (Å²) < 4.78 is 0. The Bertz CT molecular complexity index is 513. The van der Waals surface area contributed by atoms with E-state index in [1.54, 1.807) is 12.4 Å². The van der Waals surface area contributed by atoms with Crippen molar-refractivity contribution < 1.29 is 0 Å². The second-order valence-corrected chi connectivity index (χ2v) is 4.43. The third-order valence-electron chi connectivity index (χ3n) is 2.04. The van der Waals surface area contributed by atoms with E-state index in [9.17, 15) is 0 Å². The SMILES string of the molecule is Cc1nc(NCc2ccncc2)c(C#N)s1. The van der Waals surface area contributed by atoms with Crippen molar-refractivity contribution in [2.24, 2.45) is 0 Å². The van der Waals surface area contributed by atoms with Gasteiger partial charge >= 0.3 is 0 Å². The highest BCUT2D eigenvalue weighted by atomic mass is 32.1. The lowest BCUT2D eigenvalue weighted by molar-refractivity contribution is 1.10. The number of thiazole rings is 1. The average molecular weight is 230 g/mol. The highest BCUT2D eigenvalue weighted by Gasteiger charge is 2.07. The summed E-state index contributed by atoms with van der Waals surface area (Å²) in [5.41, 5.74) is 1.12. The zero-order valence-corrected chi connectivity index (χ0v) is 9.58. The minimum absolute atomic E-state index is 0.631. The molecule has 80 valence electrons. The van der Waals surface area contributed by atoms with Gasteiger partial charge in [0.2, 0.25) is 0 Å². The molecule has 0 aromatic carbocycles. The molecule has 0 bridgehead atoms. The van der Waals surface area contributed by atoms with E-state index in [-0.39, 0.29) is 0 Å².